The fourth-order valence-corrected chi connectivity index (χ4v) is 4.10. The number of rotatable bonds is 4. The summed E-state index contributed by atoms with van der Waals surface area (Å²) in [7, 11) is -3.80. The number of aliphatic hydroxyl groups is 1. The normalized spacial score (nSPS) is 20.2. The third kappa shape index (κ3) is 2.54. The van der Waals surface area contributed by atoms with Gasteiger partial charge < -0.3 is 5.11 Å². The quantitative estimate of drug-likeness (QED) is 0.661. The summed E-state index contributed by atoms with van der Waals surface area (Å²) in [4.78, 5) is 10.2. The Hall–Kier alpha value is -1.51. The van der Waals surface area contributed by atoms with Gasteiger partial charge in [0.15, 0.2) is 0 Å². The van der Waals surface area contributed by atoms with Gasteiger partial charge in [-0.25, -0.2) is 8.42 Å². The highest BCUT2D eigenvalue weighted by atomic mass is 32.2. The van der Waals surface area contributed by atoms with Crippen LogP contribution in [0.25, 0.3) is 0 Å². The van der Waals surface area contributed by atoms with Gasteiger partial charge in [0.05, 0.1) is 16.4 Å². The van der Waals surface area contributed by atoms with Crippen molar-refractivity contribution in [2.24, 2.45) is 0 Å². The molecule has 110 valence electrons. The van der Waals surface area contributed by atoms with Gasteiger partial charge in [0.1, 0.15) is 0 Å². The standard InChI is InChI=1S/C12H16N2O5S/c1-9-4-5-11(7-12(9)14(16)17)20(18,19)13-6-2-3-10(13)8-15/h4-5,7,10,15H,2-3,6,8H2,1H3/t10-/m0/s1. The lowest BCUT2D eigenvalue weighted by Crippen LogP contribution is -2.37. The SMILES string of the molecule is Cc1ccc(S(=O)(=O)N2CCC[C@H]2CO)cc1[N+](=O)[O-]. The molecule has 0 aliphatic carbocycles. The molecule has 0 aromatic heterocycles. The van der Waals surface area contributed by atoms with Crippen LogP contribution < -0.4 is 0 Å². The van der Waals surface area contributed by atoms with Crippen molar-refractivity contribution in [1.29, 1.82) is 0 Å². The molecule has 0 saturated carbocycles. The van der Waals surface area contributed by atoms with E-state index in [-0.39, 0.29) is 17.2 Å². The molecule has 0 bridgehead atoms. The summed E-state index contributed by atoms with van der Waals surface area (Å²) in [6, 6.07) is 3.43. The van der Waals surface area contributed by atoms with Crippen LogP contribution in [0, 0.1) is 17.0 Å². The minimum absolute atomic E-state index is 0.102. The van der Waals surface area contributed by atoms with Gasteiger partial charge in [-0.1, -0.05) is 6.07 Å². The number of nitro groups is 1. The molecule has 0 unspecified atom stereocenters. The number of hydrogen-bond donors (Lipinski definition) is 1. The zero-order valence-corrected chi connectivity index (χ0v) is 11.8. The van der Waals surface area contributed by atoms with E-state index in [2.05, 4.69) is 0 Å². The van der Waals surface area contributed by atoms with Gasteiger partial charge >= 0.3 is 0 Å². The van der Waals surface area contributed by atoms with Gasteiger partial charge in [0.2, 0.25) is 10.0 Å². The predicted octanol–water partition coefficient (Wildman–Crippen LogP) is 1.05. The van der Waals surface area contributed by atoms with E-state index in [0.29, 0.717) is 24.9 Å². The maximum atomic E-state index is 12.5. The van der Waals surface area contributed by atoms with Crippen molar-refractivity contribution in [2.45, 2.75) is 30.7 Å². The summed E-state index contributed by atoms with van der Waals surface area (Å²) in [5, 5.41) is 20.1. The number of aliphatic hydroxyl groups excluding tert-OH is 1. The van der Waals surface area contributed by atoms with Crippen LogP contribution in [0.5, 0.6) is 0 Å². The number of sulfonamides is 1. The Morgan fingerprint density at radius 3 is 2.80 bits per heavy atom. The Morgan fingerprint density at radius 1 is 1.50 bits per heavy atom. The fraction of sp³-hybridized carbons (Fsp3) is 0.500. The van der Waals surface area contributed by atoms with Crippen molar-refractivity contribution in [3.63, 3.8) is 0 Å². The summed E-state index contributed by atoms with van der Waals surface area (Å²) in [5.74, 6) is 0. The summed E-state index contributed by atoms with van der Waals surface area (Å²) in [5.41, 5.74) is 0.194. The number of hydrogen-bond acceptors (Lipinski definition) is 5. The highest BCUT2D eigenvalue weighted by molar-refractivity contribution is 7.89. The number of nitrogens with zero attached hydrogens (tertiary/aromatic N) is 2. The first-order valence-electron chi connectivity index (χ1n) is 6.25. The molecule has 20 heavy (non-hydrogen) atoms. The van der Waals surface area contributed by atoms with E-state index < -0.39 is 21.0 Å². The third-order valence-electron chi connectivity index (χ3n) is 3.52. The van der Waals surface area contributed by atoms with E-state index >= 15 is 0 Å². The molecule has 0 spiro atoms. The van der Waals surface area contributed by atoms with E-state index in [1.807, 2.05) is 0 Å². The maximum absolute atomic E-state index is 12.5. The van der Waals surface area contributed by atoms with Crippen LogP contribution in [-0.2, 0) is 10.0 Å². The molecular formula is C12H16N2O5S. The molecular weight excluding hydrogens is 284 g/mol. The van der Waals surface area contributed by atoms with Crippen molar-refractivity contribution in [3.8, 4) is 0 Å². The summed E-state index contributed by atoms with van der Waals surface area (Å²) >= 11 is 0. The van der Waals surface area contributed by atoms with Crippen LogP contribution in [-0.4, -0.2) is 41.9 Å². The number of nitro benzene ring substituents is 1. The highest BCUT2D eigenvalue weighted by Crippen LogP contribution is 2.29. The molecule has 1 atom stereocenters. The lowest BCUT2D eigenvalue weighted by Gasteiger charge is -2.22. The van der Waals surface area contributed by atoms with Gasteiger partial charge in [-0.15, -0.1) is 0 Å². The van der Waals surface area contributed by atoms with Crippen LogP contribution in [0.15, 0.2) is 23.1 Å². The van der Waals surface area contributed by atoms with Crippen molar-refractivity contribution in [2.75, 3.05) is 13.2 Å². The van der Waals surface area contributed by atoms with Gasteiger partial charge in [-0.2, -0.15) is 4.31 Å². The molecule has 2 rings (SSSR count). The predicted molar refractivity (Wildman–Crippen MR) is 71.8 cm³/mol. The van der Waals surface area contributed by atoms with Crippen LogP contribution in [0.3, 0.4) is 0 Å². The molecule has 1 aliphatic heterocycles. The fourth-order valence-electron chi connectivity index (χ4n) is 2.39. The van der Waals surface area contributed by atoms with E-state index in [1.54, 1.807) is 6.92 Å². The van der Waals surface area contributed by atoms with E-state index in [1.165, 1.54) is 16.4 Å². The average Bonchev–Trinajstić information content (AvgIpc) is 2.87. The zero-order valence-electron chi connectivity index (χ0n) is 11.0. The Balaban J connectivity index is 2.44. The molecule has 1 N–H and O–H groups in total. The zero-order chi connectivity index (χ0) is 14.9. The number of benzene rings is 1. The van der Waals surface area contributed by atoms with Gasteiger partial charge in [-0.3, -0.25) is 10.1 Å². The van der Waals surface area contributed by atoms with Crippen molar-refractivity contribution in [1.82, 2.24) is 4.31 Å². The van der Waals surface area contributed by atoms with E-state index in [9.17, 15) is 23.6 Å². The van der Waals surface area contributed by atoms with Crippen LogP contribution in [0.1, 0.15) is 18.4 Å². The maximum Gasteiger partial charge on any atom is 0.273 e. The molecule has 1 aliphatic rings. The highest BCUT2D eigenvalue weighted by Gasteiger charge is 2.35. The average molecular weight is 300 g/mol. The summed E-state index contributed by atoms with van der Waals surface area (Å²) < 4.78 is 26.2. The van der Waals surface area contributed by atoms with Crippen LogP contribution in [0.2, 0.25) is 0 Å². The Bertz CT molecular complexity index is 629. The van der Waals surface area contributed by atoms with Crippen molar-refractivity contribution < 1.29 is 18.4 Å². The van der Waals surface area contributed by atoms with Crippen molar-refractivity contribution >= 4 is 15.7 Å². The minimum atomic E-state index is -3.80. The molecule has 1 aromatic rings. The lowest BCUT2D eigenvalue weighted by molar-refractivity contribution is -0.385. The number of aryl methyl sites for hydroxylation is 1. The third-order valence-corrected chi connectivity index (χ3v) is 5.47. The lowest BCUT2D eigenvalue weighted by atomic mass is 10.2. The van der Waals surface area contributed by atoms with Crippen LogP contribution in [0.4, 0.5) is 5.69 Å². The van der Waals surface area contributed by atoms with Gasteiger partial charge in [0, 0.05) is 24.2 Å². The Morgan fingerprint density at radius 2 is 2.20 bits per heavy atom. The second-order valence-electron chi connectivity index (χ2n) is 4.80. The Kier molecular flexibility index (Phi) is 4.07. The molecule has 1 heterocycles. The first kappa shape index (κ1) is 14.9. The molecule has 1 aromatic carbocycles. The van der Waals surface area contributed by atoms with E-state index in [4.69, 9.17) is 0 Å². The second kappa shape index (κ2) is 5.47. The molecule has 0 radical (unpaired) electrons. The first-order chi connectivity index (χ1) is 9.37. The second-order valence-corrected chi connectivity index (χ2v) is 6.69. The molecule has 7 nitrogen and oxygen atoms in total. The van der Waals surface area contributed by atoms with Crippen molar-refractivity contribution in [3.05, 3.63) is 33.9 Å². The largest absolute Gasteiger partial charge is 0.395 e. The topological polar surface area (TPSA) is 101 Å². The summed E-state index contributed by atoms with van der Waals surface area (Å²) in [6.45, 7) is 1.64. The molecule has 1 fully saturated rings. The van der Waals surface area contributed by atoms with Crippen LogP contribution >= 0.6 is 0 Å². The first-order valence-corrected chi connectivity index (χ1v) is 7.69. The van der Waals surface area contributed by atoms with Gasteiger partial charge in [-0.05, 0) is 25.8 Å². The monoisotopic (exact) mass is 300 g/mol. The molecule has 8 heteroatoms. The molecule has 1 saturated heterocycles. The van der Waals surface area contributed by atoms with Gasteiger partial charge in [0.25, 0.3) is 5.69 Å². The molecule has 0 amide bonds. The summed E-state index contributed by atoms with van der Waals surface area (Å²) in [6.07, 6.45) is 1.28. The smallest absolute Gasteiger partial charge is 0.273 e. The minimum Gasteiger partial charge on any atom is -0.395 e. The Labute approximate surface area is 117 Å². The van der Waals surface area contributed by atoms with E-state index in [0.717, 1.165) is 6.07 Å².